The molecule has 0 aliphatic rings. The molecular weight excluding hydrogens is 422 g/mol. The van der Waals surface area contributed by atoms with Gasteiger partial charge in [-0.2, -0.15) is 0 Å². The maximum atomic E-state index is 14.0. The van der Waals surface area contributed by atoms with Crippen LogP contribution in [-0.4, -0.2) is 4.98 Å². The number of aromatic nitrogens is 1. The second-order valence-electron chi connectivity index (χ2n) is 5.55. The minimum atomic E-state index is -2.48. The summed E-state index contributed by atoms with van der Waals surface area (Å²) < 4.78 is 136. The second kappa shape index (κ2) is 6.94. The lowest BCUT2D eigenvalue weighted by molar-refractivity contribution is 0.381. The summed E-state index contributed by atoms with van der Waals surface area (Å²) in [6, 6.07) is 0.374. The fourth-order valence-electron chi connectivity index (χ4n) is 2.51. The van der Waals surface area contributed by atoms with Crippen molar-refractivity contribution in [1.82, 2.24) is 4.98 Å². The van der Waals surface area contributed by atoms with Crippen molar-refractivity contribution in [3.63, 3.8) is 0 Å². The zero-order chi connectivity index (χ0) is 21.8. The van der Waals surface area contributed by atoms with Crippen molar-refractivity contribution < 1.29 is 43.9 Å². The molecule has 0 bridgehead atoms. The standard InChI is InChI=1S/C17H4F10N2/c18-7-5(8(19)12(23)15(26)11(7)22)3-1-4(17(28)29-2-3)6-9(20)13(24)16(27)14(25)10(6)21/h1-2H,(H2,28,29). The van der Waals surface area contributed by atoms with E-state index in [0.717, 1.165) is 0 Å². The van der Waals surface area contributed by atoms with E-state index in [1.807, 2.05) is 0 Å². The van der Waals surface area contributed by atoms with Gasteiger partial charge in [-0.3, -0.25) is 0 Å². The largest absolute Gasteiger partial charge is 0.383 e. The zero-order valence-corrected chi connectivity index (χ0v) is 13.5. The molecule has 2 N–H and O–H groups in total. The summed E-state index contributed by atoms with van der Waals surface area (Å²) in [5.74, 6) is -24.4. The number of nitrogen functional groups attached to an aromatic ring is 1. The number of hydrogen-bond acceptors (Lipinski definition) is 2. The van der Waals surface area contributed by atoms with Gasteiger partial charge in [0.1, 0.15) is 5.82 Å². The van der Waals surface area contributed by atoms with Crippen LogP contribution < -0.4 is 5.73 Å². The maximum Gasteiger partial charge on any atom is 0.200 e. The van der Waals surface area contributed by atoms with Gasteiger partial charge >= 0.3 is 0 Å². The van der Waals surface area contributed by atoms with Crippen molar-refractivity contribution in [2.75, 3.05) is 5.73 Å². The molecule has 12 heteroatoms. The van der Waals surface area contributed by atoms with Crippen LogP contribution in [0, 0.1) is 58.2 Å². The smallest absolute Gasteiger partial charge is 0.200 e. The van der Waals surface area contributed by atoms with Crippen molar-refractivity contribution in [2.45, 2.75) is 0 Å². The van der Waals surface area contributed by atoms with Gasteiger partial charge in [-0.15, -0.1) is 0 Å². The van der Waals surface area contributed by atoms with E-state index < -0.39 is 86.2 Å². The van der Waals surface area contributed by atoms with E-state index in [2.05, 4.69) is 4.98 Å². The third-order valence-corrected chi connectivity index (χ3v) is 3.90. The Morgan fingerprint density at radius 2 is 0.862 bits per heavy atom. The van der Waals surface area contributed by atoms with Crippen LogP contribution >= 0.6 is 0 Å². The molecule has 0 aliphatic heterocycles. The van der Waals surface area contributed by atoms with E-state index in [1.165, 1.54) is 0 Å². The first-order chi connectivity index (χ1) is 13.5. The van der Waals surface area contributed by atoms with Crippen molar-refractivity contribution in [3.05, 3.63) is 70.4 Å². The highest BCUT2D eigenvalue weighted by Crippen LogP contribution is 2.38. The Hall–Kier alpha value is -3.31. The number of halogens is 10. The summed E-state index contributed by atoms with van der Waals surface area (Å²) in [4.78, 5) is 3.29. The number of hydrogen-bond donors (Lipinski definition) is 1. The molecule has 29 heavy (non-hydrogen) atoms. The highest BCUT2D eigenvalue weighted by atomic mass is 19.2. The number of nitrogens with zero attached hydrogens (tertiary/aromatic N) is 1. The molecule has 3 rings (SSSR count). The van der Waals surface area contributed by atoms with Crippen LogP contribution in [-0.2, 0) is 0 Å². The molecule has 0 saturated carbocycles. The van der Waals surface area contributed by atoms with Crippen LogP contribution in [0.1, 0.15) is 0 Å². The molecule has 0 unspecified atom stereocenters. The number of benzene rings is 2. The van der Waals surface area contributed by atoms with Gasteiger partial charge in [0.05, 0.1) is 11.1 Å². The van der Waals surface area contributed by atoms with Gasteiger partial charge in [0, 0.05) is 17.3 Å². The van der Waals surface area contributed by atoms with Crippen LogP contribution in [0.2, 0.25) is 0 Å². The fraction of sp³-hybridized carbons (Fsp3) is 0. The lowest BCUT2D eigenvalue weighted by Crippen LogP contribution is -2.07. The maximum absolute atomic E-state index is 14.0. The molecule has 2 aromatic carbocycles. The minimum Gasteiger partial charge on any atom is -0.383 e. The zero-order valence-electron chi connectivity index (χ0n) is 13.5. The van der Waals surface area contributed by atoms with Gasteiger partial charge in [0.15, 0.2) is 46.5 Å². The molecule has 0 spiro atoms. The Kier molecular flexibility index (Phi) is 4.89. The van der Waals surface area contributed by atoms with Gasteiger partial charge < -0.3 is 5.73 Å². The molecule has 0 amide bonds. The van der Waals surface area contributed by atoms with Crippen LogP contribution in [0.25, 0.3) is 22.3 Å². The third kappa shape index (κ3) is 2.95. The summed E-state index contributed by atoms with van der Waals surface area (Å²) in [5, 5.41) is 0. The van der Waals surface area contributed by atoms with Gasteiger partial charge in [0.25, 0.3) is 0 Å². The predicted molar refractivity (Wildman–Crippen MR) is 79.1 cm³/mol. The van der Waals surface area contributed by atoms with Crippen molar-refractivity contribution in [3.8, 4) is 22.3 Å². The summed E-state index contributed by atoms with van der Waals surface area (Å²) in [5.41, 5.74) is 0.261. The number of rotatable bonds is 2. The van der Waals surface area contributed by atoms with Crippen LogP contribution in [0.15, 0.2) is 12.3 Å². The van der Waals surface area contributed by atoms with Gasteiger partial charge in [-0.25, -0.2) is 48.9 Å². The SMILES string of the molecule is Nc1ncc(-c2c(F)c(F)c(F)c(F)c2F)cc1-c1c(F)c(F)c(F)c(F)c1F. The molecule has 1 aromatic heterocycles. The average Bonchev–Trinajstić information content (AvgIpc) is 2.70. The lowest BCUT2D eigenvalue weighted by Gasteiger charge is -2.13. The quantitative estimate of drug-likeness (QED) is 0.339. The summed E-state index contributed by atoms with van der Waals surface area (Å²) in [6.07, 6.45) is 0.489. The lowest BCUT2D eigenvalue weighted by atomic mass is 9.98. The summed E-state index contributed by atoms with van der Waals surface area (Å²) >= 11 is 0. The van der Waals surface area contributed by atoms with Crippen molar-refractivity contribution in [2.24, 2.45) is 0 Å². The first kappa shape index (κ1) is 20.4. The van der Waals surface area contributed by atoms with Gasteiger partial charge in [-0.05, 0) is 6.07 Å². The molecule has 1 heterocycles. The predicted octanol–water partition coefficient (Wildman–Crippen LogP) is 5.39. The Morgan fingerprint density at radius 1 is 0.517 bits per heavy atom. The first-order valence-electron chi connectivity index (χ1n) is 7.28. The van der Waals surface area contributed by atoms with E-state index in [0.29, 0.717) is 12.3 Å². The number of anilines is 1. The topological polar surface area (TPSA) is 38.9 Å². The molecule has 0 saturated heterocycles. The van der Waals surface area contributed by atoms with Crippen LogP contribution in [0.5, 0.6) is 0 Å². The average molecular weight is 426 g/mol. The molecule has 0 atom stereocenters. The summed E-state index contributed by atoms with van der Waals surface area (Å²) in [6.45, 7) is 0. The van der Waals surface area contributed by atoms with Crippen LogP contribution in [0.4, 0.5) is 49.7 Å². The van der Waals surface area contributed by atoms with E-state index in [1.54, 1.807) is 0 Å². The minimum absolute atomic E-state index is 0.374. The Labute approximate surface area is 154 Å². The number of pyridine rings is 1. The molecule has 0 fully saturated rings. The highest BCUT2D eigenvalue weighted by Gasteiger charge is 2.30. The van der Waals surface area contributed by atoms with Gasteiger partial charge in [-0.1, -0.05) is 0 Å². The Morgan fingerprint density at radius 3 is 1.28 bits per heavy atom. The Balaban J connectivity index is 2.37. The molecule has 2 nitrogen and oxygen atoms in total. The highest BCUT2D eigenvalue weighted by molar-refractivity contribution is 5.80. The normalized spacial score (nSPS) is 11.2. The third-order valence-electron chi connectivity index (χ3n) is 3.90. The summed E-state index contributed by atoms with van der Waals surface area (Å²) in [7, 11) is 0. The molecule has 152 valence electrons. The van der Waals surface area contributed by atoms with E-state index in [-0.39, 0.29) is 0 Å². The molecule has 3 aromatic rings. The van der Waals surface area contributed by atoms with Crippen LogP contribution in [0.3, 0.4) is 0 Å². The van der Waals surface area contributed by atoms with E-state index in [4.69, 9.17) is 5.73 Å². The molecule has 0 aliphatic carbocycles. The van der Waals surface area contributed by atoms with Crippen molar-refractivity contribution >= 4 is 5.82 Å². The van der Waals surface area contributed by atoms with E-state index in [9.17, 15) is 43.9 Å². The second-order valence-corrected chi connectivity index (χ2v) is 5.55. The Bertz CT molecular complexity index is 1120. The molecule has 0 radical (unpaired) electrons. The van der Waals surface area contributed by atoms with E-state index >= 15 is 0 Å². The van der Waals surface area contributed by atoms with Crippen molar-refractivity contribution in [1.29, 1.82) is 0 Å². The number of nitrogens with two attached hydrogens (primary N) is 1. The fourth-order valence-corrected chi connectivity index (χ4v) is 2.51. The monoisotopic (exact) mass is 426 g/mol. The first-order valence-corrected chi connectivity index (χ1v) is 7.28. The van der Waals surface area contributed by atoms with Gasteiger partial charge in [0.2, 0.25) is 11.6 Å². The molecular formula is C17H4F10N2.